The van der Waals surface area contributed by atoms with Gasteiger partial charge in [-0.3, -0.25) is 9.59 Å². The number of rotatable bonds is 7. The summed E-state index contributed by atoms with van der Waals surface area (Å²) in [5, 5.41) is 3.58. The Kier molecular flexibility index (Phi) is 6.71. The largest absolute Gasteiger partial charge is 0.492 e. The molecular formula is C21H23ClN2O3. The van der Waals surface area contributed by atoms with Crippen molar-refractivity contribution in [1.29, 1.82) is 0 Å². The second-order valence-corrected chi connectivity index (χ2v) is 7.03. The molecule has 5 nitrogen and oxygen atoms in total. The van der Waals surface area contributed by atoms with Crippen molar-refractivity contribution in [1.82, 2.24) is 10.2 Å². The summed E-state index contributed by atoms with van der Waals surface area (Å²) in [4.78, 5) is 26.4. The Balaban J connectivity index is 1.45. The fraction of sp³-hybridized carbons (Fsp3) is 0.333. The minimum Gasteiger partial charge on any atom is -0.492 e. The standard InChI is InChI=1S/C21H23ClN2O3/c22-18-9-6-16(7-10-18)14-24-15-17(8-11-20(24)25)21(26)23-12-13-27-19-4-2-1-3-5-19/h1-7,9-10,17H,8,11-15H2,(H,23,26)/t17-/m1/s1. The number of amides is 2. The molecule has 1 aliphatic rings. The monoisotopic (exact) mass is 386 g/mol. The minimum atomic E-state index is -0.188. The van der Waals surface area contributed by atoms with Crippen molar-refractivity contribution < 1.29 is 14.3 Å². The van der Waals surface area contributed by atoms with Crippen molar-refractivity contribution in [2.45, 2.75) is 19.4 Å². The average molecular weight is 387 g/mol. The molecule has 27 heavy (non-hydrogen) atoms. The molecule has 1 heterocycles. The van der Waals surface area contributed by atoms with Gasteiger partial charge in [0.1, 0.15) is 12.4 Å². The molecule has 0 radical (unpaired) electrons. The van der Waals surface area contributed by atoms with Crippen molar-refractivity contribution in [2.24, 2.45) is 5.92 Å². The van der Waals surface area contributed by atoms with Gasteiger partial charge in [0.25, 0.3) is 0 Å². The lowest BCUT2D eigenvalue weighted by molar-refractivity contribution is -0.138. The molecule has 2 aromatic rings. The van der Waals surface area contributed by atoms with Gasteiger partial charge in [-0.1, -0.05) is 41.9 Å². The van der Waals surface area contributed by atoms with Crippen LogP contribution in [-0.4, -0.2) is 36.4 Å². The van der Waals surface area contributed by atoms with E-state index in [9.17, 15) is 9.59 Å². The van der Waals surface area contributed by atoms with Crippen LogP contribution < -0.4 is 10.1 Å². The first-order valence-electron chi connectivity index (χ1n) is 9.09. The van der Waals surface area contributed by atoms with E-state index >= 15 is 0 Å². The molecule has 0 bridgehead atoms. The van der Waals surface area contributed by atoms with E-state index in [1.54, 1.807) is 4.90 Å². The fourth-order valence-corrected chi connectivity index (χ4v) is 3.22. The summed E-state index contributed by atoms with van der Waals surface area (Å²) >= 11 is 5.90. The molecule has 0 aromatic heterocycles. The van der Waals surface area contributed by atoms with Gasteiger partial charge in [0.15, 0.2) is 0 Å². The summed E-state index contributed by atoms with van der Waals surface area (Å²) < 4.78 is 5.58. The lowest BCUT2D eigenvalue weighted by Gasteiger charge is -2.32. The van der Waals surface area contributed by atoms with Crippen LogP contribution in [0.2, 0.25) is 5.02 Å². The van der Waals surface area contributed by atoms with Crippen molar-refractivity contribution in [3.8, 4) is 5.75 Å². The van der Waals surface area contributed by atoms with E-state index in [0.29, 0.717) is 44.1 Å². The van der Waals surface area contributed by atoms with Crippen molar-refractivity contribution in [2.75, 3.05) is 19.7 Å². The molecule has 142 valence electrons. The van der Waals surface area contributed by atoms with Crippen LogP contribution in [0.4, 0.5) is 0 Å². The van der Waals surface area contributed by atoms with E-state index in [0.717, 1.165) is 11.3 Å². The maximum Gasteiger partial charge on any atom is 0.225 e. The molecule has 1 saturated heterocycles. The zero-order valence-electron chi connectivity index (χ0n) is 15.1. The highest BCUT2D eigenvalue weighted by Gasteiger charge is 2.30. The summed E-state index contributed by atoms with van der Waals surface area (Å²) in [5.41, 5.74) is 1.00. The Hall–Kier alpha value is -2.53. The van der Waals surface area contributed by atoms with E-state index in [1.807, 2.05) is 54.6 Å². The summed E-state index contributed by atoms with van der Waals surface area (Å²) in [7, 11) is 0. The predicted octanol–water partition coefficient (Wildman–Crippen LogP) is 3.27. The molecule has 2 amide bonds. The zero-order chi connectivity index (χ0) is 19.1. The first kappa shape index (κ1) is 19.2. The number of likely N-dealkylation sites (tertiary alicyclic amines) is 1. The number of carbonyl (C=O) groups excluding carboxylic acids is 2. The van der Waals surface area contributed by atoms with E-state index in [2.05, 4.69) is 5.32 Å². The summed E-state index contributed by atoms with van der Waals surface area (Å²) in [6.07, 6.45) is 0.980. The van der Waals surface area contributed by atoms with Gasteiger partial charge in [-0.15, -0.1) is 0 Å². The molecule has 3 rings (SSSR count). The van der Waals surface area contributed by atoms with E-state index in [-0.39, 0.29) is 17.7 Å². The second-order valence-electron chi connectivity index (χ2n) is 6.59. The number of para-hydroxylation sites is 1. The van der Waals surface area contributed by atoms with Crippen LogP contribution >= 0.6 is 11.6 Å². The van der Waals surface area contributed by atoms with Gasteiger partial charge in [-0.2, -0.15) is 0 Å². The number of nitrogens with one attached hydrogen (secondary N) is 1. The lowest BCUT2D eigenvalue weighted by Crippen LogP contribution is -2.45. The third-order valence-corrected chi connectivity index (χ3v) is 4.82. The van der Waals surface area contributed by atoms with E-state index in [4.69, 9.17) is 16.3 Å². The van der Waals surface area contributed by atoms with Gasteiger partial charge < -0.3 is 15.0 Å². The minimum absolute atomic E-state index is 0.0275. The van der Waals surface area contributed by atoms with Gasteiger partial charge in [0.2, 0.25) is 11.8 Å². The maximum atomic E-state index is 12.4. The predicted molar refractivity (Wildman–Crippen MR) is 105 cm³/mol. The number of benzene rings is 2. The lowest BCUT2D eigenvalue weighted by atomic mass is 9.96. The summed E-state index contributed by atoms with van der Waals surface area (Å²) in [6, 6.07) is 16.9. The maximum absolute atomic E-state index is 12.4. The first-order valence-corrected chi connectivity index (χ1v) is 9.47. The van der Waals surface area contributed by atoms with Crippen LogP contribution in [-0.2, 0) is 16.1 Å². The number of hydrogen-bond acceptors (Lipinski definition) is 3. The molecule has 0 spiro atoms. The first-order chi connectivity index (χ1) is 13.1. The average Bonchev–Trinajstić information content (AvgIpc) is 2.69. The molecule has 1 N–H and O–H groups in total. The van der Waals surface area contributed by atoms with Crippen molar-refractivity contribution in [3.63, 3.8) is 0 Å². The van der Waals surface area contributed by atoms with Gasteiger partial charge >= 0.3 is 0 Å². The molecule has 1 aliphatic heterocycles. The fourth-order valence-electron chi connectivity index (χ4n) is 3.10. The number of nitrogens with zero attached hydrogens (tertiary/aromatic N) is 1. The highest BCUT2D eigenvalue weighted by Crippen LogP contribution is 2.20. The van der Waals surface area contributed by atoms with Gasteiger partial charge in [-0.25, -0.2) is 0 Å². The summed E-state index contributed by atoms with van der Waals surface area (Å²) in [6.45, 7) is 1.79. The number of piperidine rings is 1. The van der Waals surface area contributed by atoms with Crippen LogP contribution in [0, 0.1) is 5.92 Å². The topological polar surface area (TPSA) is 58.6 Å². The zero-order valence-corrected chi connectivity index (χ0v) is 15.8. The number of hydrogen-bond donors (Lipinski definition) is 1. The third kappa shape index (κ3) is 5.73. The molecule has 0 unspecified atom stereocenters. The number of carbonyl (C=O) groups is 2. The van der Waals surface area contributed by atoms with Crippen LogP contribution in [0.15, 0.2) is 54.6 Å². The Labute approximate surface area is 164 Å². The molecule has 2 aromatic carbocycles. The van der Waals surface area contributed by atoms with Gasteiger partial charge in [0, 0.05) is 24.5 Å². The van der Waals surface area contributed by atoms with E-state index in [1.165, 1.54) is 0 Å². The normalized spacial score (nSPS) is 16.9. The number of halogens is 1. The summed E-state index contributed by atoms with van der Waals surface area (Å²) in [5.74, 6) is 0.651. The van der Waals surface area contributed by atoms with E-state index < -0.39 is 0 Å². The van der Waals surface area contributed by atoms with Crippen molar-refractivity contribution >= 4 is 23.4 Å². The Morgan fingerprint density at radius 3 is 2.63 bits per heavy atom. The van der Waals surface area contributed by atoms with Crippen LogP contribution in [0.3, 0.4) is 0 Å². The second kappa shape index (κ2) is 9.42. The third-order valence-electron chi connectivity index (χ3n) is 4.57. The molecular weight excluding hydrogens is 364 g/mol. The van der Waals surface area contributed by atoms with Crippen LogP contribution in [0.5, 0.6) is 5.75 Å². The van der Waals surface area contributed by atoms with Crippen molar-refractivity contribution in [3.05, 3.63) is 65.2 Å². The molecule has 6 heteroatoms. The highest BCUT2D eigenvalue weighted by molar-refractivity contribution is 6.30. The highest BCUT2D eigenvalue weighted by atomic mass is 35.5. The van der Waals surface area contributed by atoms with Gasteiger partial charge in [-0.05, 0) is 36.2 Å². The molecule has 0 aliphatic carbocycles. The Morgan fingerprint density at radius 1 is 1.15 bits per heavy atom. The molecule has 1 fully saturated rings. The SMILES string of the molecule is O=C(NCCOc1ccccc1)[C@@H]1CCC(=O)N(Cc2ccc(Cl)cc2)C1. The Morgan fingerprint density at radius 2 is 1.89 bits per heavy atom. The van der Waals surface area contributed by atoms with Gasteiger partial charge in [0.05, 0.1) is 12.5 Å². The number of ether oxygens (including phenoxy) is 1. The van der Waals surface area contributed by atoms with Crippen LogP contribution in [0.1, 0.15) is 18.4 Å². The molecule has 0 saturated carbocycles. The van der Waals surface area contributed by atoms with Crippen LogP contribution in [0.25, 0.3) is 0 Å². The Bertz CT molecular complexity index is 765. The molecule has 1 atom stereocenters. The quantitative estimate of drug-likeness (QED) is 0.743. The smallest absolute Gasteiger partial charge is 0.225 e.